The number of benzene rings is 1. The van der Waals surface area contributed by atoms with Crippen LogP contribution in [0.4, 0.5) is 11.8 Å². The quantitative estimate of drug-likeness (QED) is 0.333. The molecular formula is C21H27N9O. The number of nitrogens with zero attached hydrogens (tertiary/aromatic N) is 6. The number of unbranched alkanes of at least 4 members (excludes halogenated alkanes) is 2. The van der Waals surface area contributed by atoms with Crippen LogP contribution in [0.1, 0.15) is 43.1 Å². The molecule has 31 heavy (non-hydrogen) atoms. The van der Waals surface area contributed by atoms with E-state index in [9.17, 15) is 0 Å². The molecule has 3 heterocycles. The minimum Gasteiger partial charge on any atom is -0.496 e. The van der Waals surface area contributed by atoms with Crippen LogP contribution in [-0.4, -0.2) is 48.8 Å². The lowest BCUT2D eigenvalue weighted by Gasteiger charge is -2.14. The third kappa shape index (κ3) is 4.73. The van der Waals surface area contributed by atoms with E-state index in [0.717, 1.165) is 46.7 Å². The number of tetrazole rings is 1. The molecule has 1 aromatic carbocycles. The standard InChI is InChI=1S/C21H27N9O/c1-3-4-5-9-23-20-19-16(24-21(22)25-20)8-10-30(19)13-15-11-14(6-7-17(15)31-2)12-18-26-28-29-27-18/h6-8,10-11H,3-5,9,12-13H2,1-2H3,(H3,22,23,24,25)(H,26,27,28,29). The summed E-state index contributed by atoms with van der Waals surface area (Å²) in [6.45, 7) is 3.63. The van der Waals surface area contributed by atoms with Gasteiger partial charge in [-0.1, -0.05) is 31.0 Å². The largest absolute Gasteiger partial charge is 0.496 e. The van der Waals surface area contributed by atoms with Crippen LogP contribution in [0.5, 0.6) is 5.75 Å². The van der Waals surface area contributed by atoms with Crippen molar-refractivity contribution in [3.63, 3.8) is 0 Å². The fourth-order valence-electron chi connectivity index (χ4n) is 3.65. The van der Waals surface area contributed by atoms with Gasteiger partial charge in [0.1, 0.15) is 11.3 Å². The fraction of sp³-hybridized carbons (Fsp3) is 0.381. The van der Waals surface area contributed by atoms with Gasteiger partial charge >= 0.3 is 0 Å². The number of nitrogens with one attached hydrogen (secondary N) is 2. The third-order valence-electron chi connectivity index (χ3n) is 5.14. The summed E-state index contributed by atoms with van der Waals surface area (Å²) >= 11 is 0. The van der Waals surface area contributed by atoms with Gasteiger partial charge in [-0.25, -0.2) is 4.98 Å². The number of hydrogen-bond donors (Lipinski definition) is 3. The first-order valence-corrected chi connectivity index (χ1v) is 10.4. The number of H-pyrrole nitrogens is 1. The summed E-state index contributed by atoms with van der Waals surface area (Å²) in [6.07, 6.45) is 6.00. The Morgan fingerprint density at radius 3 is 2.87 bits per heavy atom. The summed E-state index contributed by atoms with van der Waals surface area (Å²) in [5.74, 6) is 2.48. The molecule has 10 heteroatoms. The van der Waals surface area contributed by atoms with Crippen molar-refractivity contribution in [1.82, 2.24) is 35.2 Å². The average molecular weight is 422 g/mol. The monoisotopic (exact) mass is 421 g/mol. The summed E-state index contributed by atoms with van der Waals surface area (Å²) in [5, 5.41) is 17.6. The van der Waals surface area contributed by atoms with E-state index >= 15 is 0 Å². The first-order valence-electron chi connectivity index (χ1n) is 10.4. The minimum absolute atomic E-state index is 0.267. The lowest BCUT2D eigenvalue weighted by molar-refractivity contribution is 0.408. The van der Waals surface area contributed by atoms with Gasteiger partial charge in [-0.2, -0.15) is 10.2 Å². The second kappa shape index (κ2) is 9.41. The molecular weight excluding hydrogens is 394 g/mol. The molecule has 0 atom stereocenters. The van der Waals surface area contributed by atoms with Crippen LogP contribution >= 0.6 is 0 Å². The number of anilines is 2. The molecule has 0 radical (unpaired) electrons. The van der Waals surface area contributed by atoms with E-state index in [1.165, 1.54) is 12.8 Å². The summed E-state index contributed by atoms with van der Waals surface area (Å²) < 4.78 is 7.73. The summed E-state index contributed by atoms with van der Waals surface area (Å²) in [6, 6.07) is 8.04. The minimum atomic E-state index is 0.267. The predicted octanol–water partition coefficient (Wildman–Crippen LogP) is 2.78. The van der Waals surface area contributed by atoms with Gasteiger partial charge in [0.2, 0.25) is 5.95 Å². The fourth-order valence-corrected chi connectivity index (χ4v) is 3.65. The van der Waals surface area contributed by atoms with Crippen LogP contribution in [0.15, 0.2) is 30.5 Å². The van der Waals surface area contributed by atoms with Gasteiger partial charge in [0.25, 0.3) is 0 Å². The Hall–Kier alpha value is -3.69. The van der Waals surface area contributed by atoms with Gasteiger partial charge < -0.3 is 20.4 Å². The maximum atomic E-state index is 5.94. The normalized spacial score (nSPS) is 11.2. The van der Waals surface area contributed by atoms with Crippen LogP contribution in [0, 0.1) is 0 Å². The van der Waals surface area contributed by atoms with Crippen molar-refractivity contribution < 1.29 is 4.74 Å². The van der Waals surface area contributed by atoms with Gasteiger partial charge in [0, 0.05) is 24.7 Å². The van der Waals surface area contributed by atoms with Gasteiger partial charge in [-0.3, -0.25) is 0 Å². The van der Waals surface area contributed by atoms with Crippen LogP contribution in [0.3, 0.4) is 0 Å². The van der Waals surface area contributed by atoms with E-state index in [0.29, 0.717) is 18.8 Å². The Balaban J connectivity index is 1.64. The van der Waals surface area contributed by atoms with Crippen LogP contribution in [-0.2, 0) is 13.0 Å². The van der Waals surface area contributed by atoms with E-state index in [-0.39, 0.29) is 5.95 Å². The zero-order chi connectivity index (χ0) is 21.6. The van der Waals surface area contributed by atoms with E-state index in [4.69, 9.17) is 10.5 Å². The number of hydrogen-bond acceptors (Lipinski definition) is 8. The molecule has 10 nitrogen and oxygen atoms in total. The molecule has 0 aliphatic heterocycles. The maximum absolute atomic E-state index is 5.94. The highest BCUT2D eigenvalue weighted by Crippen LogP contribution is 2.27. The van der Waals surface area contributed by atoms with E-state index in [1.807, 2.05) is 24.4 Å². The zero-order valence-electron chi connectivity index (χ0n) is 17.8. The van der Waals surface area contributed by atoms with Gasteiger partial charge in [0.15, 0.2) is 11.6 Å². The molecule has 0 fully saturated rings. The van der Waals surface area contributed by atoms with Crippen molar-refractivity contribution in [2.75, 3.05) is 24.7 Å². The summed E-state index contributed by atoms with van der Waals surface area (Å²) in [7, 11) is 1.68. The van der Waals surface area contributed by atoms with Crippen LogP contribution in [0.2, 0.25) is 0 Å². The van der Waals surface area contributed by atoms with Crippen molar-refractivity contribution in [1.29, 1.82) is 0 Å². The molecule has 0 bridgehead atoms. The average Bonchev–Trinajstić information content (AvgIpc) is 3.41. The highest BCUT2D eigenvalue weighted by Gasteiger charge is 2.14. The molecule has 0 unspecified atom stereocenters. The lowest BCUT2D eigenvalue weighted by atomic mass is 10.1. The highest BCUT2D eigenvalue weighted by atomic mass is 16.5. The molecule has 0 saturated heterocycles. The van der Waals surface area contributed by atoms with Gasteiger partial charge in [-0.15, -0.1) is 10.2 Å². The lowest BCUT2D eigenvalue weighted by Crippen LogP contribution is -2.09. The molecule has 162 valence electrons. The predicted molar refractivity (Wildman–Crippen MR) is 119 cm³/mol. The van der Waals surface area contributed by atoms with Crippen LogP contribution < -0.4 is 15.8 Å². The Kier molecular flexibility index (Phi) is 6.25. The van der Waals surface area contributed by atoms with Gasteiger partial charge in [0.05, 0.1) is 19.2 Å². The second-order valence-corrected chi connectivity index (χ2v) is 7.39. The molecule has 3 aromatic heterocycles. The second-order valence-electron chi connectivity index (χ2n) is 7.39. The first kappa shape index (κ1) is 20.6. The number of aromatic amines is 1. The molecule has 0 aliphatic carbocycles. The van der Waals surface area contributed by atoms with E-state index in [2.05, 4.69) is 53.5 Å². The van der Waals surface area contributed by atoms with Crippen LogP contribution in [0.25, 0.3) is 11.0 Å². The number of ether oxygens (including phenoxy) is 1. The number of rotatable bonds is 10. The molecule has 0 saturated carbocycles. The SMILES string of the molecule is CCCCCNc1nc(N)nc2ccn(Cc3cc(Cc4nn[nH]n4)ccc3OC)c12. The topological polar surface area (TPSA) is 132 Å². The molecule has 4 N–H and O–H groups in total. The molecule has 0 spiro atoms. The molecule has 0 aliphatic rings. The van der Waals surface area contributed by atoms with Crippen molar-refractivity contribution in [2.45, 2.75) is 39.2 Å². The maximum Gasteiger partial charge on any atom is 0.222 e. The Morgan fingerprint density at radius 1 is 1.19 bits per heavy atom. The first-order chi connectivity index (χ1) is 15.2. The Labute approximate surface area is 180 Å². The number of methoxy groups -OCH3 is 1. The third-order valence-corrected chi connectivity index (χ3v) is 5.14. The zero-order valence-corrected chi connectivity index (χ0v) is 17.8. The smallest absolute Gasteiger partial charge is 0.222 e. The summed E-state index contributed by atoms with van der Waals surface area (Å²) in [4.78, 5) is 8.86. The van der Waals surface area contributed by atoms with E-state index < -0.39 is 0 Å². The Bertz CT molecular complexity index is 1140. The van der Waals surface area contributed by atoms with Crippen molar-refractivity contribution in [2.24, 2.45) is 0 Å². The molecule has 4 rings (SSSR count). The van der Waals surface area contributed by atoms with Crippen molar-refractivity contribution >= 4 is 22.8 Å². The number of nitrogens with two attached hydrogens (primary N) is 1. The van der Waals surface area contributed by atoms with Gasteiger partial charge in [-0.05, 0) is 30.2 Å². The molecule has 0 amide bonds. The number of nitrogen functional groups attached to an aromatic ring is 1. The Morgan fingerprint density at radius 2 is 2.10 bits per heavy atom. The van der Waals surface area contributed by atoms with Crippen molar-refractivity contribution in [3.05, 3.63) is 47.4 Å². The van der Waals surface area contributed by atoms with Crippen molar-refractivity contribution in [3.8, 4) is 5.75 Å². The molecule has 4 aromatic rings. The highest BCUT2D eigenvalue weighted by molar-refractivity contribution is 5.87. The summed E-state index contributed by atoms with van der Waals surface area (Å²) in [5.41, 5.74) is 9.79. The number of fused-ring (bicyclic) bond motifs is 1. The number of aromatic nitrogens is 7. The van der Waals surface area contributed by atoms with E-state index in [1.54, 1.807) is 7.11 Å².